The van der Waals surface area contributed by atoms with Crippen molar-refractivity contribution in [3.8, 4) is 16.9 Å². The summed E-state index contributed by atoms with van der Waals surface area (Å²) in [4.78, 5) is 15.3. The number of amides is 1. The summed E-state index contributed by atoms with van der Waals surface area (Å²) in [7, 11) is 0. The van der Waals surface area contributed by atoms with Crippen molar-refractivity contribution in [2.24, 2.45) is 0 Å². The zero-order valence-corrected chi connectivity index (χ0v) is 15.8. The van der Waals surface area contributed by atoms with Crippen LogP contribution in [0.25, 0.3) is 11.1 Å². The smallest absolute Gasteiger partial charge is 0.217 e. The van der Waals surface area contributed by atoms with Gasteiger partial charge in [-0.15, -0.1) is 11.3 Å². The van der Waals surface area contributed by atoms with E-state index >= 15 is 0 Å². The second-order valence-corrected chi connectivity index (χ2v) is 7.22. The average Bonchev–Trinajstić information content (AvgIpc) is 3.14. The van der Waals surface area contributed by atoms with Crippen LogP contribution >= 0.6 is 11.3 Å². The van der Waals surface area contributed by atoms with Crippen LogP contribution in [0.1, 0.15) is 24.4 Å². The lowest BCUT2D eigenvalue weighted by Gasteiger charge is -2.13. The van der Waals surface area contributed by atoms with Crippen LogP contribution in [-0.4, -0.2) is 16.9 Å². The number of hydrogen-bond acceptors (Lipinski definition) is 4. The molecule has 0 spiro atoms. The molecule has 1 amide bonds. The quantitative estimate of drug-likeness (QED) is 0.672. The topological polar surface area (TPSA) is 51.2 Å². The number of nitrogens with zero attached hydrogens (tertiary/aromatic N) is 1. The van der Waals surface area contributed by atoms with Crippen molar-refractivity contribution < 1.29 is 9.53 Å². The summed E-state index contributed by atoms with van der Waals surface area (Å²) < 4.78 is 5.75. The highest BCUT2D eigenvalue weighted by atomic mass is 32.1. The number of carbonyl (C=O) groups excluding carboxylic acids is 1. The molecule has 0 radical (unpaired) electrons. The summed E-state index contributed by atoms with van der Waals surface area (Å²) >= 11 is 1.59. The van der Waals surface area contributed by atoms with Crippen molar-refractivity contribution in [1.29, 1.82) is 0 Å². The molecule has 0 aliphatic rings. The van der Waals surface area contributed by atoms with E-state index < -0.39 is 0 Å². The Labute approximate surface area is 157 Å². The minimum atomic E-state index is 0.00582. The molecule has 2 aromatic carbocycles. The van der Waals surface area contributed by atoms with Gasteiger partial charge in [-0.1, -0.05) is 36.4 Å². The maximum Gasteiger partial charge on any atom is 0.217 e. The average molecular weight is 366 g/mol. The third kappa shape index (κ3) is 5.17. The lowest BCUT2D eigenvalue weighted by atomic mass is 10.0. The first kappa shape index (κ1) is 18.1. The second-order valence-electron chi connectivity index (χ2n) is 6.24. The van der Waals surface area contributed by atoms with Gasteiger partial charge in [0.15, 0.2) is 0 Å². The SMILES string of the molecule is CC(=O)NC(C)Cc1ccc(-c2ccc(OCc3nccs3)cc2)cc1. The van der Waals surface area contributed by atoms with Gasteiger partial charge in [0.2, 0.25) is 5.91 Å². The third-order valence-electron chi connectivity index (χ3n) is 3.98. The molecule has 0 saturated carbocycles. The first-order valence-electron chi connectivity index (χ1n) is 8.58. The van der Waals surface area contributed by atoms with Gasteiger partial charge < -0.3 is 10.1 Å². The van der Waals surface area contributed by atoms with Gasteiger partial charge >= 0.3 is 0 Å². The standard InChI is InChI=1S/C21H22N2O2S/c1-15(23-16(2)24)13-17-3-5-18(6-4-17)19-7-9-20(10-8-19)25-14-21-22-11-12-26-21/h3-12,15H,13-14H2,1-2H3,(H,23,24). The van der Waals surface area contributed by atoms with Crippen LogP contribution in [0.15, 0.2) is 60.1 Å². The molecule has 3 rings (SSSR count). The molecular formula is C21H22N2O2S. The Bertz CT molecular complexity index is 827. The highest BCUT2D eigenvalue weighted by Gasteiger charge is 2.06. The Hall–Kier alpha value is -2.66. The molecule has 4 nitrogen and oxygen atoms in total. The molecular weight excluding hydrogens is 344 g/mol. The van der Waals surface area contributed by atoms with Crippen LogP contribution in [-0.2, 0) is 17.8 Å². The molecule has 1 unspecified atom stereocenters. The predicted molar refractivity (Wildman–Crippen MR) is 105 cm³/mol. The number of nitrogens with one attached hydrogen (secondary N) is 1. The molecule has 0 aliphatic carbocycles. The normalized spacial score (nSPS) is 11.8. The number of carbonyl (C=O) groups is 1. The Kier molecular flexibility index (Phi) is 6.02. The van der Waals surface area contributed by atoms with Gasteiger partial charge in [-0.2, -0.15) is 0 Å². The molecule has 0 saturated heterocycles. The van der Waals surface area contributed by atoms with Crippen molar-refractivity contribution in [1.82, 2.24) is 10.3 Å². The van der Waals surface area contributed by atoms with Gasteiger partial charge in [-0.25, -0.2) is 4.98 Å². The van der Waals surface area contributed by atoms with E-state index in [4.69, 9.17) is 4.74 Å². The van der Waals surface area contributed by atoms with Crippen molar-refractivity contribution in [3.05, 3.63) is 70.7 Å². The molecule has 1 N–H and O–H groups in total. The number of benzene rings is 2. The van der Waals surface area contributed by atoms with E-state index in [1.807, 2.05) is 24.4 Å². The summed E-state index contributed by atoms with van der Waals surface area (Å²) in [6.07, 6.45) is 2.61. The number of aromatic nitrogens is 1. The van der Waals surface area contributed by atoms with Crippen LogP contribution < -0.4 is 10.1 Å². The highest BCUT2D eigenvalue weighted by molar-refractivity contribution is 7.09. The van der Waals surface area contributed by atoms with E-state index in [9.17, 15) is 4.79 Å². The predicted octanol–water partition coefficient (Wildman–Crippen LogP) is 4.46. The minimum absolute atomic E-state index is 0.00582. The van der Waals surface area contributed by atoms with Crippen LogP contribution in [0, 0.1) is 0 Å². The third-order valence-corrected chi connectivity index (χ3v) is 4.73. The monoisotopic (exact) mass is 366 g/mol. The number of ether oxygens (including phenoxy) is 1. The fraction of sp³-hybridized carbons (Fsp3) is 0.238. The number of thiazole rings is 1. The van der Waals surface area contributed by atoms with Crippen LogP contribution in [0.5, 0.6) is 5.75 Å². The Morgan fingerprint density at radius 2 is 1.77 bits per heavy atom. The molecule has 1 aromatic heterocycles. The van der Waals surface area contributed by atoms with Crippen LogP contribution in [0.4, 0.5) is 0 Å². The first-order valence-corrected chi connectivity index (χ1v) is 9.46. The zero-order valence-electron chi connectivity index (χ0n) is 14.9. The van der Waals surface area contributed by atoms with E-state index in [1.165, 1.54) is 5.56 Å². The minimum Gasteiger partial charge on any atom is -0.486 e. The van der Waals surface area contributed by atoms with Crippen LogP contribution in [0.3, 0.4) is 0 Å². The first-order chi connectivity index (χ1) is 12.6. The van der Waals surface area contributed by atoms with Gasteiger partial charge in [-0.3, -0.25) is 4.79 Å². The Morgan fingerprint density at radius 1 is 1.12 bits per heavy atom. The molecule has 26 heavy (non-hydrogen) atoms. The van der Waals surface area contributed by atoms with Crippen molar-refractivity contribution >= 4 is 17.2 Å². The van der Waals surface area contributed by atoms with E-state index in [-0.39, 0.29) is 11.9 Å². The molecule has 5 heteroatoms. The maximum absolute atomic E-state index is 11.1. The molecule has 0 bridgehead atoms. The molecule has 0 aliphatic heterocycles. The molecule has 0 fully saturated rings. The van der Waals surface area contributed by atoms with E-state index in [2.05, 4.69) is 46.7 Å². The fourth-order valence-corrected chi connectivity index (χ4v) is 3.33. The van der Waals surface area contributed by atoms with Gasteiger partial charge in [0, 0.05) is 24.5 Å². The van der Waals surface area contributed by atoms with Crippen molar-refractivity contribution in [2.45, 2.75) is 32.9 Å². The molecule has 134 valence electrons. The summed E-state index contributed by atoms with van der Waals surface area (Å²) in [5.41, 5.74) is 3.51. The lowest BCUT2D eigenvalue weighted by Crippen LogP contribution is -2.31. The second kappa shape index (κ2) is 8.63. The van der Waals surface area contributed by atoms with Crippen molar-refractivity contribution in [3.63, 3.8) is 0 Å². The Morgan fingerprint density at radius 3 is 2.35 bits per heavy atom. The van der Waals surface area contributed by atoms with E-state index in [0.717, 1.165) is 28.3 Å². The summed E-state index contributed by atoms with van der Waals surface area (Å²) in [6.45, 7) is 4.06. The molecule has 1 atom stereocenters. The van der Waals surface area contributed by atoms with Gasteiger partial charge in [-0.05, 0) is 42.2 Å². The summed E-state index contributed by atoms with van der Waals surface area (Å²) in [5.74, 6) is 0.844. The highest BCUT2D eigenvalue weighted by Crippen LogP contribution is 2.23. The molecule has 1 heterocycles. The number of rotatable bonds is 7. The maximum atomic E-state index is 11.1. The lowest BCUT2D eigenvalue weighted by molar-refractivity contribution is -0.119. The van der Waals surface area contributed by atoms with E-state index in [1.54, 1.807) is 24.5 Å². The number of hydrogen-bond donors (Lipinski definition) is 1. The summed E-state index contributed by atoms with van der Waals surface area (Å²) in [6, 6.07) is 16.7. The zero-order chi connectivity index (χ0) is 18.4. The van der Waals surface area contributed by atoms with Gasteiger partial charge in [0.1, 0.15) is 17.4 Å². The van der Waals surface area contributed by atoms with E-state index in [0.29, 0.717) is 6.61 Å². The van der Waals surface area contributed by atoms with Gasteiger partial charge in [0.05, 0.1) is 0 Å². The largest absolute Gasteiger partial charge is 0.486 e. The Balaban J connectivity index is 1.59. The summed E-state index contributed by atoms with van der Waals surface area (Å²) in [5, 5.41) is 5.83. The van der Waals surface area contributed by atoms with Crippen LogP contribution in [0.2, 0.25) is 0 Å². The fourth-order valence-electron chi connectivity index (χ4n) is 2.80. The molecule has 3 aromatic rings. The van der Waals surface area contributed by atoms with Crippen molar-refractivity contribution in [2.75, 3.05) is 0 Å². The van der Waals surface area contributed by atoms with Gasteiger partial charge in [0.25, 0.3) is 0 Å².